The van der Waals surface area contributed by atoms with Crippen molar-refractivity contribution in [2.24, 2.45) is 0 Å². The molecule has 0 saturated carbocycles. The van der Waals surface area contributed by atoms with E-state index in [0.717, 1.165) is 38.1 Å². The van der Waals surface area contributed by atoms with Crippen LogP contribution < -0.4 is 5.73 Å². The van der Waals surface area contributed by atoms with E-state index in [2.05, 4.69) is 16.6 Å². The van der Waals surface area contributed by atoms with Gasteiger partial charge in [0.2, 0.25) is 0 Å². The molecule has 0 spiro atoms. The van der Waals surface area contributed by atoms with Gasteiger partial charge in [-0.1, -0.05) is 26.7 Å². The highest BCUT2D eigenvalue weighted by Crippen LogP contribution is 2.17. The molecule has 0 aliphatic heterocycles. The average molecular weight is 239 g/mol. The Kier molecular flexibility index (Phi) is 5.00. The first-order valence-corrected chi connectivity index (χ1v) is 6.08. The minimum Gasteiger partial charge on any atom is -0.464 e. The van der Waals surface area contributed by atoms with Crippen molar-refractivity contribution in [3.8, 4) is 0 Å². The third-order valence-electron chi connectivity index (χ3n) is 2.77. The Labute approximate surface area is 102 Å². The van der Waals surface area contributed by atoms with Crippen LogP contribution in [0.3, 0.4) is 0 Å². The van der Waals surface area contributed by atoms with E-state index in [9.17, 15) is 4.79 Å². The standard InChI is InChI=1S/C12H21N3O2/c1-4-6-7-8-15-9(5-2)14-10(11(15)13)12(16)17-3/h4-8,13H2,1-3H3. The van der Waals surface area contributed by atoms with E-state index in [0.29, 0.717) is 5.82 Å². The molecule has 2 N–H and O–H groups in total. The minimum atomic E-state index is -0.466. The first-order chi connectivity index (χ1) is 8.15. The fourth-order valence-corrected chi connectivity index (χ4v) is 1.80. The molecule has 0 fully saturated rings. The van der Waals surface area contributed by atoms with Gasteiger partial charge in [-0.3, -0.25) is 0 Å². The van der Waals surface area contributed by atoms with E-state index in [4.69, 9.17) is 5.73 Å². The van der Waals surface area contributed by atoms with Gasteiger partial charge < -0.3 is 15.0 Å². The van der Waals surface area contributed by atoms with Crippen molar-refractivity contribution in [1.29, 1.82) is 0 Å². The van der Waals surface area contributed by atoms with Gasteiger partial charge in [-0.25, -0.2) is 9.78 Å². The van der Waals surface area contributed by atoms with Crippen molar-refractivity contribution in [3.63, 3.8) is 0 Å². The first-order valence-electron chi connectivity index (χ1n) is 6.08. The maximum Gasteiger partial charge on any atom is 0.360 e. The predicted octanol–water partition coefficient (Wildman–Crippen LogP) is 2.00. The van der Waals surface area contributed by atoms with Crippen molar-refractivity contribution in [2.75, 3.05) is 12.8 Å². The lowest BCUT2D eigenvalue weighted by atomic mass is 10.2. The number of nitrogen functional groups attached to an aromatic ring is 1. The molecule has 0 aromatic carbocycles. The molecule has 5 heteroatoms. The van der Waals surface area contributed by atoms with Crippen LogP contribution >= 0.6 is 0 Å². The minimum absolute atomic E-state index is 0.237. The van der Waals surface area contributed by atoms with Gasteiger partial charge in [-0.05, 0) is 6.42 Å². The van der Waals surface area contributed by atoms with Gasteiger partial charge in [0.25, 0.3) is 0 Å². The van der Waals surface area contributed by atoms with Crippen LogP contribution in [-0.2, 0) is 17.7 Å². The van der Waals surface area contributed by atoms with Gasteiger partial charge in [0, 0.05) is 13.0 Å². The zero-order chi connectivity index (χ0) is 12.8. The van der Waals surface area contributed by atoms with Crippen LogP contribution in [0.5, 0.6) is 0 Å². The lowest BCUT2D eigenvalue weighted by Crippen LogP contribution is -2.09. The Bertz CT molecular complexity index is 385. The molecule has 5 nitrogen and oxygen atoms in total. The van der Waals surface area contributed by atoms with Crippen molar-refractivity contribution >= 4 is 11.8 Å². The molecule has 0 atom stereocenters. The Balaban J connectivity index is 2.94. The number of rotatable bonds is 6. The van der Waals surface area contributed by atoms with Crippen LogP contribution in [0.1, 0.15) is 49.4 Å². The summed E-state index contributed by atoms with van der Waals surface area (Å²) >= 11 is 0. The smallest absolute Gasteiger partial charge is 0.360 e. The van der Waals surface area contributed by atoms with Gasteiger partial charge in [-0.2, -0.15) is 0 Å². The molecule has 0 amide bonds. The number of nitrogens with two attached hydrogens (primary N) is 1. The zero-order valence-electron chi connectivity index (χ0n) is 10.8. The maximum absolute atomic E-state index is 11.5. The van der Waals surface area contributed by atoms with E-state index in [-0.39, 0.29) is 5.69 Å². The summed E-state index contributed by atoms with van der Waals surface area (Å²) in [5.74, 6) is 0.801. The number of aromatic nitrogens is 2. The molecule has 0 radical (unpaired) electrons. The summed E-state index contributed by atoms with van der Waals surface area (Å²) in [7, 11) is 1.34. The molecular weight excluding hydrogens is 218 g/mol. The number of ether oxygens (including phenoxy) is 1. The molecule has 96 valence electrons. The van der Waals surface area contributed by atoms with Crippen LogP contribution in [0.4, 0.5) is 5.82 Å². The van der Waals surface area contributed by atoms with E-state index in [1.165, 1.54) is 7.11 Å². The molecule has 1 aromatic heterocycles. The molecule has 1 rings (SSSR count). The quantitative estimate of drug-likeness (QED) is 0.609. The zero-order valence-corrected chi connectivity index (χ0v) is 10.8. The number of aryl methyl sites for hydroxylation is 1. The second-order valence-electron chi connectivity index (χ2n) is 3.97. The normalized spacial score (nSPS) is 10.5. The van der Waals surface area contributed by atoms with Gasteiger partial charge >= 0.3 is 5.97 Å². The molecule has 0 saturated heterocycles. The van der Waals surface area contributed by atoms with Crippen molar-refractivity contribution in [2.45, 2.75) is 46.1 Å². The number of carbonyl (C=O) groups excluding carboxylic acids is 1. The van der Waals surface area contributed by atoms with Gasteiger partial charge in [0.1, 0.15) is 11.6 Å². The highest BCUT2D eigenvalue weighted by Gasteiger charge is 2.19. The first kappa shape index (κ1) is 13.5. The number of anilines is 1. The maximum atomic E-state index is 11.5. The third kappa shape index (κ3) is 2.99. The van der Waals surface area contributed by atoms with Crippen LogP contribution in [0.2, 0.25) is 0 Å². The van der Waals surface area contributed by atoms with Crippen LogP contribution in [0.15, 0.2) is 0 Å². The number of imidazole rings is 1. The second-order valence-corrected chi connectivity index (χ2v) is 3.97. The molecular formula is C12H21N3O2. The summed E-state index contributed by atoms with van der Waals surface area (Å²) in [4.78, 5) is 15.7. The van der Waals surface area contributed by atoms with E-state index < -0.39 is 5.97 Å². The summed E-state index contributed by atoms with van der Waals surface area (Å²) in [6.45, 7) is 4.96. The largest absolute Gasteiger partial charge is 0.464 e. The molecule has 0 unspecified atom stereocenters. The number of carbonyl (C=O) groups is 1. The number of methoxy groups -OCH3 is 1. The fourth-order valence-electron chi connectivity index (χ4n) is 1.80. The molecule has 17 heavy (non-hydrogen) atoms. The topological polar surface area (TPSA) is 70.1 Å². The van der Waals surface area contributed by atoms with Crippen LogP contribution in [0, 0.1) is 0 Å². The summed E-state index contributed by atoms with van der Waals surface area (Å²) in [6.07, 6.45) is 4.10. The monoisotopic (exact) mass is 239 g/mol. The van der Waals surface area contributed by atoms with Gasteiger partial charge in [0.05, 0.1) is 7.11 Å². The lowest BCUT2D eigenvalue weighted by Gasteiger charge is -2.07. The second kappa shape index (κ2) is 6.27. The molecule has 0 aliphatic rings. The predicted molar refractivity (Wildman–Crippen MR) is 66.9 cm³/mol. The third-order valence-corrected chi connectivity index (χ3v) is 2.77. The highest BCUT2D eigenvalue weighted by atomic mass is 16.5. The van der Waals surface area contributed by atoms with Crippen molar-refractivity contribution in [3.05, 3.63) is 11.5 Å². The fraction of sp³-hybridized carbons (Fsp3) is 0.667. The lowest BCUT2D eigenvalue weighted by molar-refractivity contribution is 0.0595. The van der Waals surface area contributed by atoms with Gasteiger partial charge in [0.15, 0.2) is 5.69 Å². The Morgan fingerprint density at radius 1 is 1.41 bits per heavy atom. The number of hydrogen-bond donors (Lipinski definition) is 1. The number of nitrogens with zero attached hydrogens (tertiary/aromatic N) is 2. The summed E-state index contributed by atoms with van der Waals surface area (Å²) in [6, 6.07) is 0. The van der Waals surface area contributed by atoms with E-state index in [1.807, 2.05) is 11.5 Å². The summed E-state index contributed by atoms with van der Waals surface area (Å²) < 4.78 is 6.58. The molecule has 1 heterocycles. The number of hydrogen-bond acceptors (Lipinski definition) is 4. The molecule has 0 aliphatic carbocycles. The Hall–Kier alpha value is -1.52. The number of esters is 1. The SMILES string of the molecule is CCCCCn1c(CC)nc(C(=O)OC)c1N. The molecule has 1 aromatic rings. The summed E-state index contributed by atoms with van der Waals surface area (Å²) in [5, 5.41) is 0. The van der Waals surface area contributed by atoms with Gasteiger partial charge in [-0.15, -0.1) is 0 Å². The Morgan fingerprint density at radius 2 is 2.12 bits per heavy atom. The summed E-state index contributed by atoms with van der Waals surface area (Å²) in [5.41, 5.74) is 6.17. The number of unbranched alkanes of at least 4 members (excludes halogenated alkanes) is 2. The Morgan fingerprint density at radius 3 is 2.65 bits per heavy atom. The highest BCUT2D eigenvalue weighted by molar-refractivity contribution is 5.92. The van der Waals surface area contributed by atoms with Crippen LogP contribution in [0.25, 0.3) is 0 Å². The average Bonchev–Trinajstić information content (AvgIpc) is 2.66. The van der Waals surface area contributed by atoms with Crippen molar-refractivity contribution < 1.29 is 9.53 Å². The van der Waals surface area contributed by atoms with E-state index >= 15 is 0 Å². The van der Waals surface area contributed by atoms with Crippen molar-refractivity contribution in [1.82, 2.24) is 9.55 Å². The molecule has 0 bridgehead atoms. The van der Waals surface area contributed by atoms with Crippen LogP contribution in [-0.4, -0.2) is 22.6 Å². The van der Waals surface area contributed by atoms with E-state index in [1.54, 1.807) is 0 Å².